The van der Waals surface area contributed by atoms with Gasteiger partial charge in [-0.25, -0.2) is 9.78 Å². The average molecular weight is 286 g/mol. The summed E-state index contributed by atoms with van der Waals surface area (Å²) >= 11 is 0. The number of carboxylic acids is 1. The molecule has 1 heterocycles. The van der Waals surface area contributed by atoms with E-state index in [0.29, 0.717) is 11.6 Å². The van der Waals surface area contributed by atoms with Crippen LogP contribution in [0.25, 0.3) is 0 Å². The lowest BCUT2D eigenvalue weighted by molar-refractivity contribution is 0.0697. The number of nitrogens with zero attached hydrogens (tertiary/aromatic N) is 2. The number of carbonyl (C=O) groups is 1. The summed E-state index contributed by atoms with van der Waals surface area (Å²) in [5.41, 5.74) is 1.82. The van der Waals surface area contributed by atoms with Gasteiger partial charge in [0.15, 0.2) is 0 Å². The zero-order chi connectivity index (χ0) is 15.6. The number of hydrogen-bond acceptors (Lipinski definition) is 4. The lowest BCUT2D eigenvalue weighted by atomic mass is 10.1. The van der Waals surface area contributed by atoms with Crippen LogP contribution < -0.4 is 4.74 Å². The fourth-order valence-electron chi connectivity index (χ4n) is 1.88. The summed E-state index contributed by atoms with van der Waals surface area (Å²) in [6.07, 6.45) is 0. The van der Waals surface area contributed by atoms with Crippen molar-refractivity contribution in [2.45, 2.75) is 33.6 Å². The number of benzene rings is 1. The van der Waals surface area contributed by atoms with E-state index in [1.165, 1.54) is 6.07 Å². The summed E-state index contributed by atoms with van der Waals surface area (Å²) in [6.45, 7) is 7.73. The van der Waals surface area contributed by atoms with Crippen LogP contribution in [0.5, 0.6) is 11.6 Å². The van der Waals surface area contributed by atoms with Gasteiger partial charge in [-0.1, -0.05) is 13.8 Å². The molecule has 2 rings (SSSR count). The molecule has 0 unspecified atom stereocenters. The molecule has 0 bridgehead atoms. The van der Waals surface area contributed by atoms with Gasteiger partial charge in [0.1, 0.15) is 11.6 Å². The molecule has 21 heavy (non-hydrogen) atoms. The molecular formula is C16H18N2O3. The first-order valence-corrected chi connectivity index (χ1v) is 6.74. The zero-order valence-electron chi connectivity index (χ0n) is 12.5. The Kier molecular flexibility index (Phi) is 4.21. The molecular weight excluding hydrogens is 268 g/mol. The van der Waals surface area contributed by atoms with Crippen LogP contribution >= 0.6 is 0 Å². The van der Waals surface area contributed by atoms with Crippen molar-refractivity contribution in [3.8, 4) is 11.6 Å². The molecule has 0 atom stereocenters. The van der Waals surface area contributed by atoms with Gasteiger partial charge < -0.3 is 9.84 Å². The summed E-state index contributed by atoms with van der Waals surface area (Å²) < 4.78 is 5.77. The number of aryl methyl sites for hydroxylation is 2. The van der Waals surface area contributed by atoms with Crippen molar-refractivity contribution in [2.75, 3.05) is 0 Å². The normalized spacial score (nSPS) is 10.7. The van der Waals surface area contributed by atoms with Crippen LogP contribution in [0.4, 0.5) is 0 Å². The van der Waals surface area contributed by atoms with Gasteiger partial charge >= 0.3 is 5.97 Å². The lowest BCUT2D eigenvalue weighted by Gasteiger charge is -2.11. The van der Waals surface area contributed by atoms with Crippen molar-refractivity contribution in [1.82, 2.24) is 9.97 Å². The van der Waals surface area contributed by atoms with Crippen molar-refractivity contribution in [3.63, 3.8) is 0 Å². The smallest absolute Gasteiger partial charge is 0.335 e. The van der Waals surface area contributed by atoms with Crippen LogP contribution in [-0.4, -0.2) is 21.0 Å². The van der Waals surface area contributed by atoms with Gasteiger partial charge in [0, 0.05) is 17.7 Å². The van der Waals surface area contributed by atoms with Crippen molar-refractivity contribution >= 4 is 5.97 Å². The van der Waals surface area contributed by atoms with Crippen LogP contribution in [0, 0.1) is 13.8 Å². The molecule has 1 aromatic carbocycles. The van der Waals surface area contributed by atoms with E-state index in [-0.39, 0.29) is 11.5 Å². The molecule has 1 N–H and O–H groups in total. The predicted octanol–water partition coefficient (Wildman–Crippen LogP) is 3.71. The molecule has 110 valence electrons. The van der Waals surface area contributed by atoms with E-state index in [4.69, 9.17) is 9.84 Å². The van der Waals surface area contributed by atoms with Crippen LogP contribution in [0.2, 0.25) is 0 Å². The van der Waals surface area contributed by atoms with Gasteiger partial charge in [0.2, 0.25) is 5.88 Å². The Labute approximate surface area is 123 Å². The Morgan fingerprint density at radius 2 is 1.90 bits per heavy atom. The average Bonchev–Trinajstić information content (AvgIpc) is 2.40. The second-order valence-electron chi connectivity index (χ2n) is 5.25. The molecule has 1 aromatic heterocycles. The number of aromatic carboxylic acids is 1. The molecule has 0 amide bonds. The molecule has 0 radical (unpaired) electrons. The van der Waals surface area contributed by atoms with Gasteiger partial charge in [0.05, 0.1) is 5.56 Å². The molecule has 2 aromatic rings. The molecule has 0 saturated carbocycles. The van der Waals surface area contributed by atoms with Gasteiger partial charge in [-0.05, 0) is 37.6 Å². The quantitative estimate of drug-likeness (QED) is 0.927. The predicted molar refractivity (Wildman–Crippen MR) is 79.1 cm³/mol. The Bertz CT molecular complexity index is 681. The van der Waals surface area contributed by atoms with Crippen LogP contribution in [-0.2, 0) is 0 Å². The number of carboxylic acid groups (broad SMARTS) is 1. The van der Waals surface area contributed by atoms with Crippen molar-refractivity contribution in [3.05, 3.63) is 46.9 Å². The highest BCUT2D eigenvalue weighted by molar-refractivity contribution is 5.88. The standard InChI is InChI=1S/C16H18N2O3/c1-9(2)15-17-11(4)8-14(18-15)21-13-6-5-12(16(19)20)7-10(13)3/h5-9H,1-4H3,(H,19,20). The summed E-state index contributed by atoms with van der Waals surface area (Å²) in [7, 11) is 0. The number of ether oxygens (including phenoxy) is 1. The third-order valence-electron chi connectivity index (χ3n) is 3.00. The first-order valence-electron chi connectivity index (χ1n) is 6.74. The molecule has 5 heteroatoms. The maximum absolute atomic E-state index is 10.9. The lowest BCUT2D eigenvalue weighted by Crippen LogP contribution is -2.02. The Morgan fingerprint density at radius 1 is 1.19 bits per heavy atom. The van der Waals surface area contributed by atoms with E-state index >= 15 is 0 Å². The Morgan fingerprint density at radius 3 is 2.48 bits per heavy atom. The van der Waals surface area contributed by atoms with Crippen LogP contribution in [0.15, 0.2) is 24.3 Å². The minimum absolute atomic E-state index is 0.211. The molecule has 0 saturated heterocycles. The van der Waals surface area contributed by atoms with Gasteiger partial charge in [0.25, 0.3) is 0 Å². The molecule has 0 aliphatic carbocycles. The topological polar surface area (TPSA) is 72.3 Å². The van der Waals surface area contributed by atoms with Gasteiger partial charge in [-0.15, -0.1) is 0 Å². The van der Waals surface area contributed by atoms with E-state index in [0.717, 1.165) is 17.1 Å². The molecule has 0 fully saturated rings. The van der Waals surface area contributed by atoms with Gasteiger partial charge in [-0.3, -0.25) is 0 Å². The minimum atomic E-state index is -0.954. The highest BCUT2D eigenvalue weighted by Crippen LogP contribution is 2.26. The van der Waals surface area contributed by atoms with E-state index in [2.05, 4.69) is 9.97 Å². The first-order chi connectivity index (χ1) is 9.86. The fraction of sp³-hybridized carbons (Fsp3) is 0.312. The largest absolute Gasteiger partial charge is 0.478 e. The summed E-state index contributed by atoms with van der Waals surface area (Å²) in [5, 5.41) is 8.96. The molecule has 0 spiro atoms. The SMILES string of the molecule is Cc1cc(Oc2ccc(C(=O)O)cc2C)nc(C(C)C)n1. The Balaban J connectivity index is 2.32. The van der Waals surface area contributed by atoms with Crippen LogP contribution in [0.1, 0.15) is 47.2 Å². The van der Waals surface area contributed by atoms with E-state index in [9.17, 15) is 4.79 Å². The number of rotatable bonds is 4. The summed E-state index contributed by atoms with van der Waals surface area (Å²) in [5.74, 6) is 1.04. The summed E-state index contributed by atoms with van der Waals surface area (Å²) in [4.78, 5) is 19.7. The van der Waals surface area contributed by atoms with E-state index < -0.39 is 5.97 Å². The first kappa shape index (κ1) is 15.0. The number of aromatic nitrogens is 2. The molecule has 0 aliphatic rings. The molecule has 5 nitrogen and oxygen atoms in total. The van der Waals surface area contributed by atoms with Crippen molar-refractivity contribution < 1.29 is 14.6 Å². The zero-order valence-corrected chi connectivity index (χ0v) is 12.5. The van der Waals surface area contributed by atoms with Crippen LogP contribution in [0.3, 0.4) is 0 Å². The minimum Gasteiger partial charge on any atom is -0.478 e. The van der Waals surface area contributed by atoms with Gasteiger partial charge in [-0.2, -0.15) is 4.98 Å². The third-order valence-corrected chi connectivity index (χ3v) is 3.00. The molecule has 0 aliphatic heterocycles. The second-order valence-corrected chi connectivity index (χ2v) is 5.25. The van der Waals surface area contributed by atoms with E-state index in [1.807, 2.05) is 20.8 Å². The van der Waals surface area contributed by atoms with Crippen molar-refractivity contribution in [1.29, 1.82) is 0 Å². The number of hydrogen-bond donors (Lipinski definition) is 1. The highest BCUT2D eigenvalue weighted by atomic mass is 16.5. The monoisotopic (exact) mass is 286 g/mol. The van der Waals surface area contributed by atoms with Crippen molar-refractivity contribution in [2.24, 2.45) is 0 Å². The fourth-order valence-corrected chi connectivity index (χ4v) is 1.88. The maximum atomic E-state index is 10.9. The Hall–Kier alpha value is -2.43. The third kappa shape index (κ3) is 3.56. The summed E-state index contributed by atoms with van der Waals surface area (Å²) in [6, 6.07) is 6.50. The maximum Gasteiger partial charge on any atom is 0.335 e. The highest BCUT2D eigenvalue weighted by Gasteiger charge is 2.10. The van der Waals surface area contributed by atoms with E-state index in [1.54, 1.807) is 25.1 Å². The second kappa shape index (κ2) is 5.91.